The summed E-state index contributed by atoms with van der Waals surface area (Å²) in [6.45, 7) is 8.47. The van der Waals surface area contributed by atoms with Crippen LogP contribution in [-0.2, 0) is 4.79 Å². The predicted molar refractivity (Wildman–Crippen MR) is 80.2 cm³/mol. The number of nitrogens with zero attached hydrogens (tertiary/aromatic N) is 1. The number of hydrogen-bond donors (Lipinski definition) is 2. The molecule has 2 N–H and O–H groups in total. The number of piperidine rings is 1. The molecule has 0 aliphatic carbocycles. The molecule has 1 aliphatic heterocycles. The van der Waals surface area contributed by atoms with Crippen molar-refractivity contribution in [2.24, 2.45) is 5.92 Å². The quantitative estimate of drug-likeness (QED) is 0.658. The normalized spacial score (nSPS) is 19.9. The summed E-state index contributed by atoms with van der Waals surface area (Å²) in [6, 6.07) is 0.578. The maximum absolute atomic E-state index is 11.7. The highest BCUT2D eigenvalue weighted by Crippen LogP contribution is 2.15. The van der Waals surface area contributed by atoms with Crippen molar-refractivity contribution in [2.45, 2.75) is 52.0 Å². The number of amides is 1. The molecule has 19 heavy (non-hydrogen) atoms. The highest BCUT2D eigenvalue weighted by atomic mass is 16.1. The van der Waals surface area contributed by atoms with E-state index in [1.165, 1.54) is 12.8 Å². The first-order chi connectivity index (χ1) is 9.09. The molecular weight excluding hydrogens is 238 g/mol. The molecule has 0 aromatic rings. The smallest absolute Gasteiger partial charge is 0.220 e. The van der Waals surface area contributed by atoms with E-state index in [9.17, 15) is 4.79 Å². The topological polar surface area (TPSA) is 44.4 Å². The van der Waals surface area contributed by atoms with Gasteiger partial charge in [-0.2, -0.15) is 0 Å². The highest BCUT2D eigenvalue weighted by molar-refractivity contribution is 5.75. The molecule has 1 atom stereocenters. The molecule has 1 fully saturated rings. The molecule has 4 nitrogen and oxygen atoms in total. The van der Waals surface area contributed by atoms with Crippen LogP contribution in [0, 0.1) is 5.92 Å². The van der Waals surface area contributed by atoms with Gasteiger partial charge < -0.3 is 15.5 Å². The minimum absolute atomic E-state index is 0.220. The van der Waals surface area contributed by atoms with Crippen molar-refractivity contribution in [1.82, 2.24) is 15.5 Å². The van der Waals surface area contributed by atoms with Crippen LogP contribution in [0.2, 0.25) is 0 Å². The SMILES string of the molecule is CC(C)N(C)CCCNC(=O)CCC1CCCNC1. The second-order valence-electron chi connectivity index (χ2n) is 6.03. The van der Waals surface area contributed by atoms with Crippen molar-refractivity contribution in [1.29, 1.82) is 0 Å². The Morgan fingerprint density at radius 2 is 2.26 bits per heavy atom. The Labute approximate surface area is 118 Å². The standard InChI is InChI=1S/C15H31N3O/c1-13(2)18(3)11-5-10-17-15(19)8-7-14-6-4-9-16-12-14/h13-14,16H,4-12H2,1-3H3,(H,17,19). The average Bonchev–Trinajstić information content (AvgIpc) is 2.42. The van der Waals surface area contributed by atoms with E-state index in [1.54, 1.807) is 0 Å². The largest absolute Gasteiger partial charge is 0.356 e. The second-order valence-corrected chi connectivity index (χ2v) is 6.03. The molecule has 0 spiro atoms. The molecule has 1 amide bonds. The van der Waals surface area contributed by atoms with E-state index < -0.39 is 0 Å². The third-order valence-electron chi connectivity index (χ3n) is 4.07. The van der Waals surface area contributed by atoms with Crippen molar-refractivity contribution in [3.8, 4) is 0 Å². The Morgan fingerprint density at radius 1 is 1.47 bits per heavy atom. The van der Waals surface area contributed by atoms with Crippen molar-refractivity contribution in [3.05, 3.63) is 0 Å². The molecule has 0 aromatic carbocycles. The molecule has 4 heteroatoms. The Kier molecular flexibility index (Phi) is 8.07. The molecule has 1 saturated heterocycles. The van der Waals surface area contributed by atoms with Crippen LogP contribution in [0.1, 0.15) is 46.0 Å². The molecule has 1 heterocycles. The summed E-state index contributed by atoms with van der Waals surface area (Å²) in [4.78, 5) is 14.0. The van der Waals surface area contributed by atoms with Crippen LogP contribution in [0.15, 0.2) is 0 Å². The second kappa shape index (κ2) is 9.32. The minimum atomic E-state index is 0.220. The molecule has 1 aliphatic rings. The van der Waals surface area contributed by atoms with Gasteiger partial charge in [-0.15, -0.1) is 0 Å². The Morgan fingerprint density at radius 3 is 2.89 bits per heavy atom. The van der Waals surface area contributed by atoms with Crippen LogP contribution in [-0.4, -0.2) is 50.1 Å². The fourth-order valence-electron chi connectivity index (χ4n) is 2.41. The van der Waals surface area contributed by atoms with Crippen molar-refractivity contribution in [3.63, 3.8) is 0 Å². The first kappa shape index (κ1) is 16.4. The monoisotopic (exact) mass is 269 g/mol. The van der Waals surface area contributed by atoms with Crippen LogP contribution in [0.3, 0.4) is 0 Å². The number of nitrogens with one attached hydrogen (secondary N) is 2. The van der Waals surface area contributed by atoms with Crippen LogP contribution in [0.5, 0.6) is 0 Å². The number of hydrogen-bond acceptors (Lipinski definition) is 3. The van der Waals surface area contributed by atoms with Gasteiger partial charge in [0.25, 0.3) is 0 Å². The zero-order valence-electron chi connectivity index (χ0n) is 12.9. The molecule has 1 rings (SSSR count). The summed E-state index contributed by atoms with van der Waals surface area (Å²) in [5, 5.41) is 6.43. The van der Waals surface area contributed by atoms with Gasteiger partial charge in [0.1, 0.15) is 0 Å². The van der Waals surface area contributed by atoms with Gasteiger partial charge in [0.05, 0.1) is 0 Å². The Hall–Kier alpha value is -0.610. The number of carbonyl (C=O) groups is 1. The maximum Gasteiger partial charge on any atom is 0.220 e. The molecule has 1 unspecified atom stereocenters. The lowest BCUT2D eigenvalue weighted by atomic mass is 9.94. The van der Waals surface area contributed by atoms with E-state index in [4.69, 9.17) is 0 Å². The molecule has 0 radical (unpaired) electrons. The summed E-state index contributed by atoms with van der Waals surface area (Å²) in [5.41, 5.74) is 0. The van der Waals surface area contributed by atoms with Gasteiger partial charge in [-0.1, -0.05) is 0 Å². The third-order valence-corrected chi connectivity index (χ3v) is 4.07. The lowest BCUT2D eigenvalue weighted by molar-refractivity contribution is -0.121. The molecular formula is C15H31N3O. The summed E-state index contributed by atoms with van der Waals surface area (Å²) in [6.07, 6.45) is 5.29. The van der Waals surface area contributed by atoms with Gasteiger partial charge in [-0.25, -0.2) is 0 Å². The van der Waals surface area contributed by atoms with E-state index >= 15 is 0 Å². The molecule has 112 valence electrons. The molecule has 0 saturated carbocycles. The predicted octanol–water partition coefficient (Wildman–Crippen LogP) is 1.61. The Balaban J connectivity index is 1.98. The van der Waals surface area contributed by atoms with E-state index in [-0.39, 0.29) is 5.91 Å². The van der Waals surface area contributed by atoms with E-state index in [1.807, 2.05) is 0 Å². The van der Waals surface area contributed by atoms with Gasteiger partial charge in [0.2, 0.25) is 5.91 Å². The summed E-state index contributed by atoms with van der Waals surface area (Å²) in [5.74, 6) is 0.921. The van der Waals surface area contributed by atoms with Crippen LogP contribution < -0.4 is 10.6 Å². The number of rotatable bonds is 8. The fourth-order valence-corrected chi connectivity index (χ4v) is 2.41. The summed E-state index contributed by atoms with van der Waals surface area (Å²) in [7, 11) is 2.13. The van der Waals surface area contributed by atoms with Gasteiger partial charge in [0.15, 0.2) is 0 Å². The molecule has 0 aromatic heterocycles. The van der Waals surface area contributed by atoms with Crippen molar-refractivity contribution >= 4 is 5.91 Å². The van der Waals surface area contributed by atoms with Crippen molar-refractivity contribution in [2.75, 3.05) is 33.2 Å². The van der Waals surface area contributed by atoms with Crippen LogP contribution in [0.25, 0.3) is 0 Å². The van der Waals surface area contributed by atoms with Crippen LogP contribution >= 0.6 is 0 Å². The Bertz CT molecular complexity index is 250. The lowest BCUT2D eigenvalue weighted by Gasteiger charge is -2.22. The van der Waals surface area contributed by atoms with Crippen molar-refractivity contribution < 1.29 is 4.79 Å². The van der Waals surface area contributed by atoms with E-state index in [0.717, 1.165) is 39.0 Å². The van der Waals surface area contributed by atoms with Gasteiger partial charge in [0, 0.05) is 19.0 Å². The van der Waals surface area contributed by atoms with E-state index in [0.29, 0.717) is 18.4 Å². The van der Waals surface area contributed by atoms with Gasteiger partial charge >= 0.3 is 0 Å². The maximum atomic E-state index is 11.7. The molecule has 0 bridgehead atoms. The summed E-state index contributed by atoms with van der Waals surface area (Å²) < 4.78 is 0. The zero-order valence-corrected chi connectivity index (χ0v) is 12.9. The van der Waals surface area contributed by atoms with Gasteiger partial charge in [-0.3, -0.25) is 4.79 Å². The van der Waals surface area contributed by atoms with Gasteiger partial charge in [-0.05, 0) is 72.1 Å². The third kappa shape index (κ3) is 7.53. The van der Waals surface area contributed by atoms with Crippen LogP contribution in [0.4, 0.5) is 0 Å². The minimum Gasteiger partial charge on any atom is -0.356 e. The zero-order chi connectivity index (χ0) is 14.1. The first-order valence-corrected chi connectivity index (χ1v) is 7.77. The number of carbonyl (C=O) groups excluding carboxylic acids is 1. The first-order valence-electron chi connectivity index (χ1n) is 7.77. The fraction of sp³-hybridized carbons (Fsp3) is 0.933. The average molecular weight is 269 g/mol. The van der Waals surface area contributed by atoms with E-state index in [2.05, 4.69) is 36.4 Å². The highest BCUT2D eigenvalue weighted by Gasteiger charge is 2.14. The summed E-state index contributed by atoms with van der Waals surface area (Å²) >= 11 is 0. The lowest BCUT2D eigenvalue weighted by Crippen LogP contribution is -2.33.